The average molecular weight is 374 g/mol. The smallest absolute Gasteiger partial charge is 0.355 e. The fraction of sp³-hybridized carbons (Fsp3) is 0.450. The van der Waals surface area contributed by atoms with Crippen LogP contribution in [0, 0.1) is 27.7 Å². The number of carbonyl (C=O) groups is 3. The summed E-state index contributed by atoms with van der Waals surface area (Å²) < 4.78 is 12.0. The molecule has 1 N–H and O–H groups in total. The number of hydrogen-bond acceptors (Lipinski definition) is 5. The van der Waals surface area contributed by atoms with Crippen molar-refractivity contribution in [3.8, 4) is 0 Å². The largest absolute Gasteiger partial charge is 0.465 e. The minimum absolute atomic E-state index is 0.147. The van der Waals surface area contributed by atoms with Gasteiger partial charge in [-0.1, -0.05) is 0 Å². The number of Topliss-reactive ketones (excluding diaryl/α,β-unsaturated/α-hetero) is 1. The zero-order valence-electron chi connectivity index (χ0n) is 16.9. The Morgan fingerprint density at radius 1 is 1.11 bits per heavy atom. The number of rotatable bonds is 6. The normalized spacial score (nSPS) is 11.0. The topological polar surface area (TPSA) is 90.4 Å². The number of esters is 2. The summed E-state index contributed by atoms with van der Waals surface area (Å²) in [5, 5.41) is 0. The van der Waals surface area contributed by atoms with Crippen LogP contribution >= 0.6 is 0 Å². The zero-order valence-corrected chi connectivity index (χ0v) is 16.9. The van der Waals surface area contributed by atoms with Gasteiger partial charge in [0.25, 0.3) is 0 Å². The Morgan fingerprint density at radius 3 is 2.26 bits per heavy atom. The van der Waals surface area contributed by atoms with Crippen molar-refractivity contribution in [2.24, 2.45) is 0 Å². The molecular weight excluding hydrogens is 348 g/mol. The Hall–Kier alpha value is -2.83. The minimum atomic E-state index is -0.684. The maximum Gasteiger partial charge on any atom is 0.355 e. The van der Waals surface area contributed by atoms with Crippen LogP contribution in [-0.4, -0.2) is 41.0 Å². The van der Waals surface area contributed by atoms with Crippen molar-refractivity contribution in [2.45, 2.75) is 47.6 Å². The summed E-state index contributed by atoms with van der Waals surface area (Å²) in [6, 6.07) is 2.04. The average Bonchev–Trinajstić information content (AvgIpc) is 3.07. The lowest BCUT2D eigenvalue weighted by Crippen LogP contribution is -2.16. The fourth-order valence-electron chi connectivity index (χ4n) is 3.50. The second-order valence-electron chi connectivity index (χ2n) is 6.86. The van der Waals surface area contributed by atoms with E-state index in [1.807, 2.05) is 33.8 Å². The molecule has 7 heteroatoms. The number of ether oxygens (including phenoxy) is 2. The van der Waals surface area contributed by atoms with Crippen molar-refractivity contribution in [3.63, 3.8) is 0 Å². The SMILES string of the molecule is COC(=O)c1c(C)[nH]c(C(=O)OCC(=O)c2cc(C)n(C(C)C)c2C)c1C. The van der Waals surface area contributed by atoms with Gasteiger partial charge in [0.15, 0.2) is 6.61 Å². The summed E-state index contributed by atoms with van der Waals surface area (Å²) in [4.78, 5) is 39.6. The number of nitrogens with zero attached hydrogens (tertiary/aromatic N) is 1. The van der Waals surface area contributed by atoms with Gasteiger partial charge >= 0.3 is 11.9 Å². The first kappa shape index (κ1) is 20.5. The van der Waals surface area contributed by atoms with Crippen LogP contribution in [0.15, 0.2) is 6.07 Å². The number of methoxy groups -OCH3 is 1. The number of aromatic nitrogens is 2. The third-order valence-electron chi connectivity index (χ3n) is 4.67. The first-order chi connectivity index (χ1) is 12.6. The van der Waals surface area contributed by atoms with Crippen molar-refractivity contribution in [1.29, 1.82) is 0 Å². The van der Waals surface area contributed by atoms with Gasteiger partial charge in [-0.05, 0) is 53.2 Å². The molecule has 2 rings (SSSR count). The molecule has 2 aromatic heterocycles. The van der Waals surface area contributed by atoms with Crippen molar-refractivity contribution in [2.75, 3.05) is 13.7 Å². The van der Waals surface area contributed by atoms with Crippen molar-refractivity contribution >= 4 is 17.7 Å². The molecule has 0 atom stereocenters. The fourth-order valence-corrected chi connectivity index (χ4v) is 3.50. The Labute approximate surface area is 158 Å². The molecule has 0 aliphatic heterocycles. The van der Waals surface area contributed by atoms with Crippen LogP contribution in [0.3, 0.4) is 0 Å². The molecular formula is C20H26N2O5. The number of aryl methyl sites for hydroxylation is 2. The summed E-state index contributed by atoms with van der Waals surface area (Å²) in [5.74, 6) is -1.48. The lowest BCUT2D eigenvalue weighted by Gasteiger charge is -2.13. The van der Waals surface area contributed by atoms with E-state index in [0.29, 0.717) is 22.4 Å². The molecule has 0 saturated carbocycles. The summed E-state index contributed by atoms with van der Waals surface area (Å²) in [6.45, 7) is 10.8. The standard InChI is InChI=1S/C20H26N2O5/c1-10(2)22-11(3)8-15(14(22)6)16(23)9-27-20(25)18-12(4)17(13(5)21-18)19(24)26-7/h8,10,21H,9H2,1-7H3. The van der Waals surface area contributed by atoms with E-state index in [1.54, 1.807) is 13.8 Å². The second kappa shape index (κ2) is 7.82. The van der Waals surface area contributed by atoms with Crippen LogP contribution in [-0.2, 0) is 9.47 Å². The molecule has 2 heterocycles. The Balaban J connectivity index is 2.16. The van der Waals surface area contributed by atoms with Gasteiger partial charge < -0.3 is 19.0 Å². The molecule has 7 nitrogen and oxygen atoms in total. The van der Waals surface area contributed by atoms with Gasteiger partial charge in [-0.2, -0.15) is 0 Å². The van der Waals surface area contributed by atoms with E-state index in [2.05, 4.69) is 9.55 Å². The Morgan fingerprint density at radius 2 is 1.74 bits per heavy atom. The molecule has 0 bridgehead atoms. The van der Waals surface area contributed by atoms with Crippen LogP contribution in [0.1, 0.15) is 73.7 Å². The molecule has 0 fully saturated rings. The predicted molar refractivity (Wildman–Crippen MR) is 101 cm³/mol. The number of H-pyrrole nitrogens is 1. The lowest BCUT2D eigenvalue weighted by molar-refractivity contribution is 0.0468. The molecule has 0 amide bonds. The number of hydrogen-bond donors (Lipinski definition) is 1. The van der Waals surface area contributed by atoms with E-state index in [9.17, 15) is 14.4 Å². The first-order valence-corrected chi connectivity index (χ1v) is 8.76. The third kappa shape index (κ3) is 3.82. The number of carbonyl (C=O) groups excluding carboxylic acids is 3. The first-order valence-electron chi connectivity index (χ1n) is 8.76. The number of ketones is 1. The summed E-state index contributed by atoms with van der Waals surface area (Å²) in [5.41, 5.74) is 3.78. The van der Waals surface area contributed by atoms with Crippen molar-refractivity contribution in [3.05, 3.63) is 45.5 Å². The van der Waals surface area contributed by atoms with Gasteiger partial charge in [-0.3, -0.25) is 4.79 Å². The highest BCUT2D eigenvalue weighted by Crippen LogP contribution is 2.22. The zero-order chi connectivity index (χ0) is 20.5. The molecule has 2 aromatic rings. The molecule has 0 aromatic carbocycles. The summed E-state index contributed by atoms with van der Waals surface area (Å²) >= 11 is 0. The van der Waals surface area contributed by atoms with Crippen LogP contribution in [0.2, 0.25) is 0 Å². The highest BCUT2D eigenvalue weighted by atomic mass is 16.5. The molecule has 0 unspecified atom stereocenters. The number of nitrogens with one attached hydrogen (secondary N) is 1. The van der Waals surface area contributed by atoms with Crippen molar-refractivity contribution < 1.29 is 23.9 Å². The van der Waals surface area contributed by atoms with Gasteiger partial charge in [-0.25, -0.2) is 9.59 Å². The third-order valence-corrected chi connectivity index (χ3v) is 4.67. The molecule has 0 spiro atoms. The number of aromatic amines is 1. The van der Waals surface area contributed by atoms with Gasteiger partial charge in [0.05, 0.1) is 12.7 Å². The molecule has 0 aliphatic rings. The van der Waals surface area contributed by atoms with Crippen LogP contribution < -0.4 is 0 Å². The van der Waals surface area contributed by atoms with Crippen LogP contribution in [0.5, 0.6) is 0 Å². The van der Waals surface area contributed by atoms with Gasteiger partial charge in [0.1, 0.15) is 5.69 Å². The van der Waals surface area contributed by atoms with E-state index in [-0.39, 0.29) is 24.1 Å². The van der Waals surface area contributed by atoms with Crippen molar-refractivity contribution in [1.82, 2.24) is 9.55 Å². The highest BCUT2D eigenvalue weighted by Gasteiger charge is 2.24. The maximum absolute atomic E-state index is 12.5. The highest BCUT2D eigenvalue weighted by molar-refractivity contribution is 6.02. The second-order valence-corrected chi connectivity index (χ2v) is 6.86. The van der Waals surface area contributed by atoms with Gasteiger partial charge in [0, 0.05) is 28.7 Å². The van der Waals surface area contributed by atoms with E-state index in [0.717, 1.165) is 11.4 Å². The minimum Gasteiger partial charge on any atom is -0.465 e. The predicted octanol–water partition coefficient (Wildman–Crippen LogP) is 3.46. The molecule has 0 aliphatic carbocycles. The van der Waals surface area contributed by atoms with E-state index >= 15 is 0 Å². The quantitative estimate of drug-likeness (QED) is 0.618. The molecule has 27 heavy (non-hydrogen) atoms. The summed E-state index contributed by atoms with van der Waals surface area (Å²) in [6.07, 6.45) is 0. The van der Waals surface area contributed by atoms with Crippen LogP contribution in [0.4, 0.5) is 0 Å². The van der Waals surface area contributed by atoms with Gasteiger partial charge in [0.2, 0.25) is 5.78 Å². The lowest BCUT2D eigenvalue weighted by atomic mass is 10.1. The maximum atomic E-state index is 12.5. The van der Waals surface area contributed by atoms with E-state index in [1.165, 1.54) is 7.11 Å². The monoisotopic (exact) mass is 374 g/mol. The van der Waals surface area contributed by atoms with E-state index < -0.39 is 11.9 Å². The summed E-state index contributed by atoms with van der Waals surface area (Å²) in [7, 11) is 1.28. The van der Waals surface area contributed by atoms with E-state index in [4.69, 9.17) is 9.47 Å². The Kier molecular flexibility index (Phi) is 5.93. The van der Waals surface area contributed by atoms with Gasteiger partial charge in [-0.15, -0.1) is 0 Å². The Bertz CT molecular complexity index is 902. The van der Waals surface area contributed by atoms with Crippen LogP contribution in [0.25, 0.3) is 0 Å². The molecule has 146 valence electrons. The molecule has 0 radical (unpaired) electrons. The molecule has 0 saturated heterocycles.